The maximum absolute atomic E-state index is 12.4. The van der Waals surface area contributed by atoms with Crippen LogP contribution in [0.3, 0.4) is 0 Å². The number of aromatic nitrogens is 2. The molecule has 0 radical (unpaired) electrons. The van der Waals surface area contributed by atoms with E-state index < -0.39 is 0 Å². The van der Waals surface area contributed by atoms with Crippen LogP contribution < -0.4 is 0 Å². The smallest absolute Gasteiger partial charge is 0.272 e. The summed E-state index contributed by atoms with van der Waals surface area (Å²) >= 11 is 0. The minimum absolute atomic E-state index is 0.0454. The van der Waals surface area contributed by atoms with Crippen molar-refractivity contribution >= 4 is 5.91 Å². The van der Waals surface area contributed by atoms with Crippen LogP contribution in [0.4, 0.5) is 0 Å². The number of methoxy groups -OCH3 is 1. The van der Waals surface area contributed by atoms with E-state index in [1.54, 1.807) is 19.4 Å². The molecule has 3 heterocycles. The molecule has 1 aromatic heterocycles. The molecule has 20 heavy (non-hydrogen) atoms. The Morgan fingerprint density at radius 1 is 1.60 bits per heavy atom. The molecule has 2 atom stereocenters. The SMILES string of the molecule is CO[C@@H]1CO[C@@]2(CCCN(C(=O)c3ccncn3)C2)C1. The molecular weight excluding hydrogens is 258 g/mol. The molecule has 6 heteroatoms. The second kappa shape index (κ2) is 5.46. The van der Waals surface area contributed by atoms with Crippen LogP contribution in [0.2, 0.25) is 0 Å². The second-order valence-corrected chi connectivity index (χ2v) is 5.48. The lowest BCUT2D eigenvalue weighted by Gasteiger charge is -2.39. The summed E-state index contributed by atoms with van der Waals surface area (Å²) in [4.78, 5) is 22.2. The zero-order valence-electron chi connectivity index (χ0n) is 11.6. The average molecular weight is 277 g/mol. The summed E-state index contributed by atoms with van der Waals surface area (Å²) in [6.07, 6.45) is 5.93. The fraction of sp³-hybridized carbons (Fsp3) is 0.643. The van der Waals surface area contributed by atoms with E-state index in [0.717, 1.165) is 25.8 Å². The highest BCUT2D eigenvalue weighted by Gasteiger charge is 2.44. The van der Waals surface area contributed by atoms with Crippen molar-refractivity contribution in [1.82, 2.24) is 14.9 Å². The first-order valence-electron chi connectivity index (χ1n) is 6.94. The summed E-state index contributed by atoms with van der Waals surface area (Å²) < 4.78 is 11.3. The molecule has 2 aliphatic rings. The molecule has 3 rings (SSSR count). The molecule has 1 spiro atoms. The summed E-state index contributed by atoms with van der Waals surface area (Å²) in [5.74, 6) is -0.0454. The van der Waals surface area contributed by atoms with E-state index in [1.807, 2.05) is 4.90 Å². The Balaban J connectivity index is 1.71. The van der Waals surface area contributed by atoms with Crippen molar-refractivity contribution in [2.24, 2.45) is 0 Å². The third-order valence-corrected chi connectivity index (χ3v) is 4.14. The lowest BCUT2D eigenvalue weighted by atomic mass is 9.89. The van der Waals surface area contributed by atoms with E-state index in [0.29, 0.717) is 18.8 Å². The van der Waals surface area contributed by atoms with Gasteiger partial charge in [-0.05, 0) is 18.9 Å². The molecule has 0 saturated carbocycles. The molecule has 6 nitrogen and oxygen atoms in total. The van der Waals surface area contributed by atoms with Crippen LogP contribution in [0.25, 0.3) is 0 Å². The van der Waals surface area contributed by atoms with Gasteiger partial charge in [0, 0.05) is 26.3 Å². The maximum atomic E-state index is 12.4. The van der Waals surface area contributed by atoms with E-state index in [9.17, 15) is 4.79 Å². The van der Waals surface area contributed by atoms with Gasteiger partial charge in [-0.15, -0.1) is 0 Å². The summed E-state index contributed by atoms with van der Waals surface area (Å²) in [7, 11) is 1.71. The highest BCUT2D eigenvalue weighted by atomic mass is 16.6. The van der Waals surface area contributed by atoms with Gasteiger partial charge in [0.1, 0.15) is 12.0 Å². The minimum atomic E-state index is -0.235. The normalized spacial score (nSPS) is 29.9. The number of ether oxygens (including phenoxy) is 2. The molecule has 0 N–H and O–H groups in total. The Hall–Kier alpha value is -1.53. The second-order valence-electron chi connectivity index (χ2n) is 5.48. The fourth-order valence-electron chi connectivity index (χ4n) is 3.09. The number of carbonyl (C=O) groups is 1. The predicted molar refractivity (Wildman–Crippen MR) is 71.3 cm³/mol. The topological polar surface area (TPSA) is 64.6 Å². The first-order chi connectivity index (χ1) is 9.72. The molecule has 0 unspecified atom stereocenters. The first-order valence-corrected chi connectivity index (χ1v) is 6.94. The zero-order valence-corrected chi connectivity index (χ0v) is 11.6. The van der Waals surface area contributed by atoms with Crippen LogP contribution in [-0.4, -0.2) is 59.3 Å². The van der Waals surface area contributed by atoms with Crippen molar-refractivity contribution in [2.75, 3.05) is 26.8 Å². The minimum Gasteiger partial charge on any atom is -0.379 e. The maximum Gasteiger partial charge on any atom is 0.272 e. The number of amides is 1. The van der Waals surface area contributed by atoms with E-state index in [1.165, 1.54) is 6.33 Å². The van der Waals surface area contributed by atoms with Crippen molar-refractivity contribution in [3.63, 3.8) is 0 Å². The van der Waals surface area contributed by atoms with Crippen LogP contribution in [0.5, 0.6) is 0 Å². The molecular formula is C14H19N3O3. The molecule has 1 aromatic rings. The lowest BCUT2D eigenvalue weighted by molar-refractivity contribution is -0.0459. The number of rotatable bonds is 2. The molecule has 1 amide bonds. The van der Waals surface area contributed by atoms with Gasteiger partial charge in [0.25, 0.3) is 5.91 Å². The fourth-order valence-corrected chi connectivity index (χ4v) is 3.09. The van der Waals surface area contributed by atoms with E-state index in [4.69, 9.17) is 9.47 Å². The zero-order chi connectivity index (χ0) is 14.0. The molecule has 2 fully saturated rings. The molecule has 0 aliphatic carbocycles. The van der Waals surface area contributed by atoms with E-state index in [-0.39, 0.29) is 17.6 Å². The number of hydrogen-bond donors (Lipinski definition) is 0. The predicted octanol–water partition coefficient (Wildman–Crippen LogP) is 0.887. The number of hydrogen-bond acceptors (Lipinski definition) is 5. The first kappa shape index (κ1) is 13.5. The highest BCUT2D eigenvalue weighted by molar-refractivity contribution is 5.92. The highest BCUT2D eigenvalue weighted by Crippen LogP contribution is 2.35. The van der Waals surface area contributed by atoms with Gasteiger partial charge >= 0.3 is 0 Å². The average Bonchev–Trinajstić information content (AvgIpc) is 2.90. The van der Waals surface area contributed by atoms with Crippen LogP contribution >= 0.6 is 0 Å². The molecule has 108 valence electrons. The van der Waals surface area contributed by atoms with Gasteiger partial charge in [-0.3, -0.25) is 4.79 Å². The summed E-state index contributed by atoms with van der Waals surface area (Å²) in [6.45, 7) is 1.99. The molecule has 0 bridgehead atoms. The van der Waals surface area contributed by atoms with Crippen molar-refractivity contribution in [1.29, 1.82) is 0 Å². The summed E-state index contributed by atoms with van der Waals surface area (Å²) in [5.41, 5.74) is 0.208. The van der Waals surface area contributed by atoms with E-state index >= 15 is 0 Å². The largest absolute Gasteiger partial charge is 0.379 e. The number of likely N-dealkylation sites (tertiary alicyclic amines) is 1. The van der Waals surface area contributed by atoms with Gasteiger partial charge in [-0.25, -0.2) is 9.97 Å². The van der Waals surface area contributed by atoms with Gasteiger partial charge < -0.3 is 14.4 Å². The van der Waals surface area contributed by atoms with Crippen molar-refractivity contribution in [3.05, 3.63) is 24.3 Å². The Kier molecular flexibility index (Phi) is 3.67. The van der Waals surface area contributed by atoms with E-state index in [2.05, 4.69) is 9.97 Å². The molecule has 2 saturated heterocycles. The third-order valence-electron chi connectivity index (χ3n) is 4.14. The number of nitrogens with zero attached hydrogens (tertiary/aromatic N) is 3. The van der Waals surface area contributed by atoms with Gasteiger partial charge in [-0.1, -0.05) is 0 Å². The summed E-state index contributed by atoms with van der Waals surface area (Å²) in [6, 6.07) is 1.65. The van der Waals surface area contributed by atoms with Gasteiger partial charge in [0.2, 0.25) is 0 Å². The number of carbonyl (C=O) groups excluding carboxylic acids is 1. The van der Waals surface area contributed by atoms with Crippen LogP contribution in [0.15, 0.2) is 18.6 Å². The summed E-state index contributed by atoms with van der Waals surface area (Å²) in [5, 5.41) is 0. The Bertz CT molecular complexity index is 482. The molecule has 2 aliphatic heterocycles. The van der Waals surface area contributed by atoms with Crippen molar-refractivity contribution < 1.29 is 14.3 Å². The van der Waals surface area contributed by atoms with Crippen LogP contribution in [-0.2, 0) is 9.47 Å². The number of piperidine rings is 1. The third kappa shape index (κ3) is 2.53. The van der Waals surface area contributed by atoms with Gasteiger partial charge in [-0.2, -0.15) is 0 Å². The molecule has 0 aromatic carbocycles. The van der Waals surface area contributed by atoms with Crippen LogP contribution in [0, 0.1) is 0 Å². The quantitative estimate of drug-likeness (QED) is 0.803. The van der Waals surface area contributed by atoms with Gasteiger partial charge in [0.05, 0.1) is 24.9 Å². The van der Waals surface area contributed by atoms with Crippen molar-refractivity contribution in [2.45, 2.75) is 31.0 Å². The Morgan fingerprint density at radius 3 is 3.20 bits per heavy atom. The Morgan fingerprint density at radius 2 is 2.50 bits per heavy atom. The monoisotopic (exact) mass is 277 g/mol. The Labute approximate surface area is 118 Å². The standard InChI is InChI=1S/C14H19N3O3/c1-19-11-7-14(20-8-11)4-2-6-17(9-14)13(18)12-3-5-15-10-16-12/h3,5,10-11H,2,4,6-9H2,1H3/t11-,14-/m0/s1. The lowest BCUT2D eigenvalue weighted by Crippen LogP contribution is -2.50. The van der Waals surface area contributed by atoms with Gasteiger partial charge in [0.15, 0.2) is 0 Å². The van der Waals surface area contributed by atoms with Crippen LogP contribution in [0.1, 0.15) is 29.8 Å². The van der Waals surface area contributed by atoms with Crippen molar-refractivity contribution in [3.8, 4) is 0 Å².